The molecule has 2 atom stereocenters. The summed E-state index contributed by atoms with van der Waals surface area (Å²) in [5.41, 5.74) is 0. The SMILES string of the molecule is CS(=O)(=O)C1CCCC(NCc2scc3c2OCCO3)C1. The van der Waals surface area contributed by atoms with Gasteiger partial charge in [0.2, 0.25) is 0 Å². The van der Waals surface area contributed by atoms with E-state index in [1.807, 2.05) is 5.38 Å². The van der Waals surface area contributed by atoms with Crippen molar-refractivity contribution in [1.29, 1.82) is 0 Å². The van der Waals surface area contributed by atoms with E-state index in [-0.39, 0.29) is 11.3 Å². The highest BCUT2D eigenvalue weighted by Gasteiger charge is 2.29. The molecule has 5 nitrogen and oxygen atoms in total. The van der Waals surface area contributed by atoms with Gasteiger partial charge in [-0.2, -0.15) is 0 Å². The van der Waals surface area contributed by atoms with E-state index in [1.165, 1.54) is 6.26 Å². The monoisotopic (exact) mass is 331 g/mol. The molecule has 3 rings (SSSR count). The second-order valence-corrected chi connectivity index (χ2v) is 9.04. The molecule has 1 aromatic rings. The predicted octanol–water partition coefficient (Wildman–Crippen LogP) is 1.96. The van der Waals surface area contributed by atoms with Crippen molar-refractivity contribution in [3.63, 3.8) is 0 Å². The second-order valence-electron chi connectivity index (χ2n) is 5.75. The van der Waals surface area contributed by atoms with Crippen LogP contribution in [-0.2, 0) is 16.4 Å². The highest BCUT2D eigenvalue weighted by molar-refractivity contribution is 7.91. The number of nitrogens with one attached hydrogen (secondary N) is 1. The maximum absolute atomic E-state index is 11.7. The Morgan fingerprint density at radius 3 is 2.95 bits per heavy atom. The smallest absolute Gasteiger partial charge is 0.176 e. The Labute approximate surface area is 129 Å². The standard InChI is InChI=1S/C14H21NO4S2/c1-21(16,17)11-4-2-3-10(7-11)15-8-13-14-12(9-20-13)18-5-6-19-14/h9-11,15H,2-8H2,1H3. The molecule has 0 amide bonds. The van der Waals surface area contributed by atoms with Crippen molar-refractivity contribution in [3.8, 4) is 11.5 Å². The molecular weight excluding hydrogens is 310 g/mol. The van der Waals surface area contributed by atoms with Crippen LogP contribution in [0.2, 0.25) is 0 Å². The topological polar surface area (TPSA) is 64.6 Å². The number of hydrogen-bond donors (Lipinski definition) is 1. The molecule has 1 saturated carbocycles. The number of hydrogen-bond acceptors (Lipinski definition) is 6. The van der Waals surface area contributed by atoms with Gasteiger partial charge >= 0.3 is 0 Å². The van der Waals surface area contributed by atoms with Crippen molar-refractivity contribution in [1.82, 2.24) is 5.32 Å². The molecule has 0 saturated heterocycles. The Morgan fingerprint density at radius 2 is 2.14 bits per heavy atom. The molecule has 1 fully saturated rings. The fraction of sp³-hybridized carbons (Fsp3) is 0.714. The summed E-state index contributed by atoms with van der Waals surface area (Å²) in [5.74, 6) is 1.69. The van der Waals surface area contributed by atoms with E-state index in [0.29, 0.717) is 26.2 Å². The number of rotatable bonds is 4. The normalized spacial score (nSPS) is 25.8. The highest BCUT2D eigenvalue weighted by Crippen LogP contribution is 2.39. The van der Waals surface area contributed by atoms with Gasteiger partial charge in [-0.1, -0.05) is 6.42 Å². The van der Waals surface area contributed by atoms with Gasteiger partial charge in [0, 0.05) is 24.2 Å². The molecule has 1 N–H and O–H groups in total. The average molecular weight is 331 g/mol. The molecule has 1 aliphatic heterocycles. The molecule has 2 aliphatic rings. The maximum Gasteiger partial charge on any atom is 0.176 e. The zero-order valence-corrected chi connectivity index (χ0v) is 13.8. The molecule has 118 valence electrons. The summed E-state index contributed by atoms with van der Waals surface area (Å²) in [6.07, 6.45) is 4.86. The zero-order chi connectivity index (χ0) is 14.9. The zero-order valence-electron chi connectivity index (χ0n) is 12.1. The lowest BCUT2D eigenvalue weighted by Gasteiger charge is -2.28. The third kappa shape index (κ3) is 3.52. The second kappa shape index (κ2) is 6.14. The molecule has 21 heavy (non-hydrogen) atoms. The van der Waals surface area contributed by atoms with Crippen LogP contribution in [0.3, 0.4) is 0 Å². The van der Waals surface area contributed by atoms with E-state index in [1.54, 1.807) is 11.3 Å². The summed E-state index contributed by atoms with van der Waals surface area (Å²) in [6, 6.07) is 0.265. The largest absolute Gasteiger partial charge is 0.485 e. The van der Waals surface area contributed by atoms with E-state index >= 15 is 0 Å². The first-order valence-corrected chi connectivity index (χ1v) is 10.2. The van der Waals surface area contributed by atoms with Crippen LogP contribution in [0.15, 0.2) is 5.38 Å². The van der Waals surface area contributed by atoms with Crippen molar-refractivity contribution < 1.29 is 17.9 Å². The van der Waals surface area contributed by atoms with Crippen molar-refractivity contribution >= 4 is 21.2 Å². The summed E-state index contributed by atoms with van der Waals surface area (Å²) < 4.78 is 34.6. The van der Waals surface area contributed by atoms with Crippen LogP contribution < -0.4 is 14.8 Å². The third-order valence-corrected chi connectivity index (χ3v) is 6.74. The number of sulfone groups is 1. The van der Waals surface area contributed by atoms with Gasteiger partial charge in [0.1, 0.15) is 23.1 Å². The molecule has 2 unspecified atom stereocenters. The lowest BCUT2D eigenvalue weighted by molar-refractivity contribution is 0.171. The lowest BCUT2D eigenvalue weighted by atomic mass is 9.95. The van der Waals surface area contributed by atoms with E-state index in [9.17, 15) is 8.42 Å². The fourth-order valence-electron chi connectivity index (χ4n) is 2.99. The van der Waals surface area contributed by atoms with E-state index in [4.69, 9.17) is 9.47 Å². The number of ether oxygens (including phenoxy) is 2. The molecule has 0 spiro atoms. The highest BCUT2D eigenvalue weighted by atomic mass is 32.2. The Hall–Kier alpha value is -0.790. The van der Waals surface area contributed by atoms with Gasteiger partial charge in [-0.15, -0.1) is 11.3 Å². The van der Waals surface area contributed by atoms with Gasteiger partial charge in [-0.25, -0.2) is 8.42 Å². The van der Waals surface area contributed by atoms with Crippen LogP contribution in [-0.4, -0.2) is 39.2 Å². The van der Waals surface area contributed by atoms with Gasteiger partial charge in [0.25, 0.3) is 0 Å². The predicted molar refractivity (Wildman–Crippen MR) is 83.0 cm³/mol. The minimum Gasteiger partial charge on any atom is -0.485 e. The molecule has 7 heteroatoms. The Kier molecular flexibility index (Phi) is 4.42. The van der Waals surface area contributed by atoms with Crippen LogP contribution in [0.4, 0.5) is 0 Å². The van der Waals surface area contributed by atoms with E-state index in [0.717, 1.165) is 35.6 Å². The van der Waals surface area contributed by atoms with Crippen molar-refractivity contribution in [3.05, 3.63) is 10.3 Å². The first-order valence-electron chi connectivity index (χ1n) is 7.32. The molecule has 1 aromatic heterocycles. The quantitative estimate of drug-likeness (QED) is 0.914. The van der Waals surface area contributed by atoms with Crippen molar-refractivity contribution in [2.45, 2.75) is 43.5 Å². The van der Waals surface area contributed by atoms with Gasteiger partial charge in [-0.3, -0.25) is 0 Å². The summed E-state index contributed by atoms with van der Waals surface area (Å²) in [7, 11) is -2.93. The molecule has 0 bridgehead atoms. The van der Waals surface area contributed by atoms with Crippen LogP contribution in [0, 0.1) is 0 Å². The van der Waals surface area contributed by atoms with Crippen LogP contribution >= 0.6 is 11.3 Å². The Bertz CT molecular complexity index is 596. The van der Waals surface area contributed by atoms with Crippen LogP contribution in [0.1, 0.15) is 30.6 Å². The van der Waals surface area contributed by atoms with Gasteiger partial charge in [0.15, 0.2) is 11.5 Å². The Morgan fingerprint density at radius 1 is 1.33 bits per heavy atom. The van der Waals surface area contributed by atoms with Crippen LogP contribution in [0.25, 0.3) is 0 Å². The van der Waals surface area contributed by atoms with Crippen LogP contribution in [0.5, 0.6) is 11.5 Å². The summed E-state index contributed by atoms with van der Waals surface area (Å²) in [6.45, 7) is 1.91. The summed E-state index contributed by atoms with van der Waals surface area (Å²) >= 11 is 1.63. The van der Waals surface area contributed by atoms with Crippen molar-refractivity contribution in [2.75, 3.05) is 19.5 Å². The number of thiophene rings is 1. The van der Waals surface area contributed by atoms with E-state index in [2.05, 4.69) is 5.32 Å². The molecular formula is C14H21NO4S2. The Balaban J connectivity index is 1.59. The summed E-state index contributed by atoms with van der Waals surface area (Å²) in [5, 5.41) is 5.27. The molecule has 1 aliphatic carbocycles. The van der Waals surface area contributed by atoms with Gasteiger partial charge in [0.05, 0.1) is 10.1 Å². The minimum atomic E-state index is -2.93. The fourth-order valence-corrected chi connectivity index (χ4v) is 5.03. The minimum absolute atomic E-state index is 0.194. The molecule has 2 heterocycles. The third-order valence-electron chi connectivity index (χ3n) is 4.16. The number of fused-ring (bicyclic) bond motifs is 1. The average Bonchev–Trinajstić information content (AvgIpc) is 2.88. The molecule has 0 aromatic carbocycles. The summed E-state index contributed by atoms with van der Waals surface area (Å²) in [4.78, 5) is 1.13. The van der Waals surface area contributed by atoms with Crippen molar-refractivity contribution in [2.24, 2.45) is 0 Å². The first-order chi connectivity index (χ1) is 10.0. The first kappa shape index (κ1) is 15.1. The molecule has 0 radical (unpaired) electrons. The van der Waals surface area contributed by atoms with E-state index < -0.39 is 9.84 Å². The lowest BCUT2D eigenvalue weighted by Crippen LogP contribution is -2.38. The van der Waals surface area contributed by atoms with Gasteiger partial charge < -0.3 is 14.8 Å². The van der Waals surface area contributed by atoms with Gasteiger partial charge in [-0.05, 0) is 19.3 Å². The maximum atomic E-state index is 11.7.